The van der Waals surface area contributed by atoms with Gasteiger partial charge in [0, 0.05) is 28.2 Å². The van der Waals surface area contributed by atoms with Crippen molar-refractivity contribution in [1.82, 2.24) is 0 Å². The first-order chi connectivity index (χ1) is 18.2. The van der Waals surface area contributed by atoms with E-state index in [1.165, 1.54) is 17.4 Å². The summed E-state index contributed by atoms with van der Waals surface area (Å²) in [6, 6.07) is 3.16. The normalized spacial score (nSPS) is 15.7. The molecule has 0 atom stereocenters. The minimum atomic E-state index is -0.743. The highest BCUT2D eigenvalue weighted by Gasteiger charge is 2.35. The molecule has 0 unspecified atom stereocenters. The van der Waals surface area contributed by atoms with E-state index in [-0.39, 0.29) is 11.5 Å². The Hall–Kier alpha value is -4.19. The van der Waals surface area contributed by atoms with Gasteiger partial charge in [-0.1, -0.05) is 41.5 Å². The quantitative estimate of drug-likeness (QED) is 0.214. The maximum Gasteiger partial charge on any atom is 0.303 e. The first-order valence-corrected chi connectivity index (χ1v) is 13.0. The number of carbonyl (C=O) groups is 1. The number of Topliss-reactive ketones (excluding diaryl/α,β-unsaturated/α-hetero) is 1. The van der Waals surface area contributed by atoms with Gasteiger partial charge < -0.3 is 9.47 Å². The molecule has 11 nitrogen and oxygen atoms in total. The number of azo groups is 1. The molecule has 2 aromatic rings. The van der Waals surface area contributed by atoms with Gasteiger partial charge in [-0.05, 0) is 29.0 Å². The summed E-state index contributed by atoms with van der Waals surface area (Å²) in [5.41, 5.74) is -0.0328. The lowest BCUT2D eigenvalue weighted by molar-refractivity contribution is -0.393. The standard InChI is InChI=1S/C27H28N4O7S/c1-26(2,3)17-11-15(12-18(23(17)32)27(4,5)6)22(25-24-21(14-39-25)37-9-10-38-24)29-28-19-8-7-16(30(33)34)13-20(19)31(35)36/h7-8,11-14H,9-10H2,1-6H3. The molecule has 4 rings (SSSR count). The number of hydrogen-bond acceptors (Lipinski definition) is 10. The fourth-order valence-corrected chi connectivity index (χ4v) is 5.04. The maximum absolute atomic E-state index is 13.5. The number of non-ortho nitro benzene ring substituents is 1. The van der Waals surface area contributed by atoms with E-state index >= 15 is 0 Å². The molecule has 1 aliphatic heterocycles. The first-order valence-electron chi connectivity index (χ1n) is 12.1. The number of hydrogen-bond donors (Lipinski definition) is 0. The summed E-state index contributed by atoms with van der Waals surface area (Å²) in [7, 11) is 0. The number of nitro benzene ring substituents is 2. The Kier molecular flexibility index (Phi) is 7.26. The van der Waals surface area contributed by atoms with Crippen molar-refractivity contribution in [3.8, 4) is 11.5 Å². The fourth-order valence-electron chi connectivity index (χ4n) is 4.10. The zero-order valence-electron chi connectivity index (χ0n) is 22.4. The van der Waals surface area contributed by atoms with Crippen LogP contribution in [0.15, 0.2) is 62.7 Å². The summed E-state index contributed by atoms with van der Waals surface area (Å²) in [5, 5.41) is 33.2. The predicted molar refractivity (Wildman–Crippen MR) is 147 cm³/mol. The highest BCUT2D eigenvalue weighted by molar-refractivity contribution is 7.11. The number of fused-ring (bicyclic) bond motifs is 1. The lowest BCUT2D eigenvalue weighted by atomic mass is 9.71. The van der Waals surface area contributed by atoms with Gasteiger partial charge in [0.2, 0.25) is 0 Å². The molecule has 1 aromatic carbocycles. The van der Waals surface area contributed by atoms with Gasteiger partial charge in [-0.3, -0.25) is 25.0 Å². The maximum atomic E-state index is 13.5. The molecule has 39 heavy (non-hydrogen) atoms. The Bertz CT molecular complexity index is 1460. The Morgan fingerprint density at radius 2 is 1.56 bits per heavy atom. The van der Waals surface area contributed by atoms with Crippen molar-refractivity contribution in [2.75, 3.05) is 13.2 Å². The van der Waals surface area contributed by atoms with E-state index in [0.29, 0.717) is 52.0 Å². The SMILES string of the molecule is CC(C)(C)C1=CC(=C(N=Nc2ccc([N+](=O)[O-])cc2[N+](=O)[O-])c2scc3c2OCCO3)C=C(C(C)(C)C)C1=O. The van der Waals surface area contributed by atoms with E-state index in [0.717, 1.165) is 12.1 Å². The molecule has 2 heterocycles. The number of carbonyl (C=O) groups excluding carboxylic acids is 1. The van der Waals surface area contributed by atoms with Crippen LogP contribution in [0.2, 0.25) is 0 Å². The average Bonchev–Trinajstić information content (AvgIpc) is 3.27. The molecule has 0 saturated heterocycles. The molecule has 0 spiro atoms. The van der Waals surface area contributed by atoms with Gasteiger partial charge in [0.1, 0.15) is 23.8 Å². The summed E-state index contributed by atoms with van der Waals surface area (Å²) < 4.78 is 11.6. The molecule has 204 valence electrons. The molecule has 2 aliphatic rings. The molecule has 1 aromatic heterocycles. The largest absolute Gasteiger partial charge is 0.485 e. The molecule has 0 bridgehead atoms. The molecule has 0 amide bonds. The van der Waals surface area contributed by atoms with E-state index in [4.69, 9.17) is 9.47 Å². The second kappa shape index (κ2) is 10.2. The number of thiophene rings is 1. The van der Waals surface area contributed by atoms with Gasteiger partial charge in [-0.15, -0.1) is 21.6 Å². The summed E-state index contributed by atoms with van der Waals surface area (Å²) in [6.45, 7) is 12.4. The smallest absolute Gasteiger partial charge is 0.303 e. The van der Waals surface area contributed by atoms with Crippen LogP contribution in [0.25, 0.3) is 5.70 Å². The third-order valence-corrected chi connectivity index (χ3v) is 7.07. The lowest BCUT2D eigenvalue weighted by Crippen LogP contribution is -2.28. The molecule has 0 radical (unpaired) electrons. The first kappa shape index (κ1) is 27.8. The zero-order chi connectivity index (χ0) is 28.7. The van der Waals surface area contributed by atoms with Gasteiger partial charge in [0.15, 0.2) is 23.0 Å². The van der Waals surface area contributed by atoms with Crippen LogP contribution < -0.4 is 9.47 Å². The number of nitrogens with zero attached hydrogens (tertiary/aromatic N) is 4. The number of benzene rings is 1. The molecule has 12 heteroatoms. The van der Waals surface area contributed by atoms with Crippen molar-refractivity contribution >= 4 is 39.9 Å². The zero-order valence-corrected chi connectivity index (χ0v) is 23.2. The highest BCUT2D eigenvalue weighted by Crippen LogP contribution is 2.47. The van der Waals surface area contributed by atoms with E-state index in [1.54, 1.807) is 17.5 Å². The van der Waals surface area contributed by atoms with Gasteiger partial charge in [0.05, 0.1) is 15.9 Å². The molecule has 0 N–H and O–H groups in total. The minimum Gasteiger partial charge on any atom is -0.485 e. The molecule has 0 fully saturated rings. The second-order valence-corrected chi connectivity index (χ2v) is 12.0. The Balaban J connectivity index is 2.00. The van der Waals surface area contributed by atoms with Gasteiger partial charge in [-0.2, -0.15) is 0 Å². The van der Waals surface area contributed by atoms with E-state index in [1.807, 2.05) is 41.5 Å². The van der Waals surface area contributed by atoms with Crippen LogP contribution in [-0.4, -0.2) is 28.8 Å². The van der Waals surface area contributed by atoms with E-state index < -0.39 is 32.1 Å². The number of rotatable bonds is 5. The average molecular weight is 553 g/mol. The highest BCUT2D eigenvalue weighted by atomic mass is 32.1. The Morgan fingerprint density at radius 1 is 0.949 bits per heavy atom. The van der Waals surface area contributed by atoms with E-state index in [9.17, 15) is 25.0 Å². The predicted octanol–water partition coefficient (Wildman–Crippen LogP) is 7.36. The van der Waals surface area contributed by atoms with Crippen molar-refractivity contribution in [3.05, 3.63) is 77.6 Å². The number of allylic oxidation sites excluding steroid dienone is 5. The van der Waals surface area contributed by atoms with Crippen LogP contribution >= 0.6 is 11.3 Å². The Labute approximate surface area is 228 Å². The van der Waals surface area contributed by atoms with Gasteiger partial charge in [0.25, 0.3) is 5.69 Å². The van der Waals surface area contributed by atoms with Gasteiger partial charge >= 0.3 is 5.69 Å². The molecule has 0 saturated carbocycles. The lowest BCUT2D eigenvalue weighted by Gasteiger charge is -2.31. The molecular weight excluding hydrogens is 524 g/mol. The van der Waals surface area contributed by atoms with Crippen LogP contribution in [0.1, 0.15) is 46.4 Å². The van der Waals surface area contributed by atoms with Crippen LogP contribution in [-0.2, 0) is 4.79 Å². The molecular formula is C27H28N4O7S. The summed E-state index contributed by atoms with van der Waals surface area (Å²) in [5.74, 6) is 0.954. The van der Waals surface area contributed by atoms with Crippen molar-refractivity contribution in [2.45, 2.75) is 41.5 Å². The molecule has 1 aliphatic carbocycles. The second-order valence-electron chi connectivity index (χ2n) is 11.1. The summed E-state index contributed by atoms with van der Waals surface area (Å²) in [6.07, 6.45) is 3.54. The number of ether oxygens (including phenoxy) is 2. The van der Waals surface area contributed by atoms with Gasteiger partial charge in [-0.25, -0.2) is 0 Å². The summed E-state index contributed by atoms with van der Waals surface area (Å²) >= 11 is 1.31. The third-order valence-electron chi connectivity index (χ3n) is 6.12. The van der Waals surface area contributed by atoms with Crippen molar-refractivity contribution in [2.24, 2.45) is 21.1 Å². The topological polar surface area (TPSA) is 147 Å². The van der Waals surface area contributed by atoms with Crippen molar-refractivity contribution in [3.63, 3.8) is 0 Å². The summed E-state index contributed by atoms with van der Waals surface area (Å²) in [4.78, 5) is 35.5. The number of ketones is 1. The van der Waals surface area contributed by atoms with Crippen LogP contribution in [0.4, 0.5) is 17.1 Å². The number of nitro groups is 2. The van der Waals surface area contributed by atoms with Crippen LogP contribution in [0.5, 0.6) is 11.5 Å². The van der Waals surface area contributed by atoms with Crippen molar-refractivity contribution in [1.29, 1.82) is 0 Å². The third kappa shape index (κ3) is 5.65. The monoisotopic (exact) mass is 552 g/mol. The van der Waals surface area contributed by atoms with Crippen LogP contribution in [0.3, 0.4) is 0 Å². The Morgan fingerprint density at radius 3 is 2.13 bits per heavy atom. The van der Waals surface area contributed by atoms with Crippen molar-refractivity contribution < 1.29 is 24.1 Å². The van der Waals surface area contributed by atoms with E-state index in [2.05, 4.69) is 10.2 Å². The minimum absolute atomic E-state index is 0.0613. The van der Waals surface area contributed by atoms with Crippen LogP contribution in [0, 0.1) is 31.1 Å². The fraction of sp³-hybridized carbons (Fsp3) is 0.370.